The van der Waals surface area contributed by atoms with Crippen LogP contribution in [0.15, 0.2) is 24.3 Å². The van der Waals surface area contributed by atoms with Crippen LogP contribution in [0.3, 0.4) is 0 Å². The molecule has 3 unspecified atom stereocenters. The van der Waals surface area contributed by atoms with Gasteiger partial charge in [0, 0.05) is 12.0 Å². The van der Waals surface area contributed by atoms with Crippen molar-refractivity contribution in [3.05, 3.63) is 29.8 Å². The zero-order valence-electron chi connectivity index (χ0n) is 12.3. The van der Waals surface area contributed by atoms with Crippen LogP contribution in [0.4, 0.5) is 23.7 Å². The number of halogens is 3. The predicted octanol–water partition coefficient (Wildman–Crippen LogP) is 2.68. The van der Waals surface area contributed by atoms with Crippen LogP contribution < -0.4 is 21.5 Å². The molecule has 0 radical (unpaired) electrons. The zero-order chi connectivity index (χ0) is 16.3. The summed E-state index contributed by atoms with van der Waals surface area (Å²) in [4.78, 5) is 11.9. The van der Waals surface area contributed by atoms with E-state index in [1.807, 2.05) is 13.8 Å². The van der Waals surface area contributed by atoms with Gasteiger partial charge in [-0.05, 0) is 18.6 Å². The van der Waals surface area contributed by atoms with E-state index in [2.05, 4.69) is 21.5 Å². The van der Waals surface area contributed by atoms with Crippen LogP contribution in [0, 0.1) is 5.92 Å². The fourth-order valence-corrected chi connectivity index (χ4v) is 2.47. The molecule has 4 N–H and O–H groups in total. The summed E-state index contributed by atoms with van der Waals surface area (Å²) in [5.41, 5.74) is 4.82. The molecule has 0 aromatic heterocycles. The molecule has 0 saturated carbocycles. The molecule has 0 bridgehead atoms. The standard InChI is InChI=1S/C14H19F3N4O/c1-3-10-8(2)12(21-20-10)19-13(22)18-11-7-5-4-6-9(11)14(15,16)17/h4-8,10,12,20-21H,3H2,1-2H3,(H2,18,19,22). The zero-order valence-corrected chi connectivity index (χ0v) is 12.3. The molecule has 1 fully saturated rings. The van der Waals surface area contributed by atoms with Gasteiger partial charge in [0.1, 0.15) is 0 Å². The number of carbonyl (C=O) groups is 1. The van der Waals surface area contributed by atoms with E-state index in [9.17, 15) is 18.0 Å². The van der Waals surface area contributed by atoms with Gasteiger partial charge in [0.2, 0.25) is 0 Å². The van der Waals surface area contributed by atoms with Crippen molar-refractivity contribution < 1.29 is 18.0 Å². The van der Waals surface area contributed by atoms with Crippen LogP contribution in [0.2, 0.25) is 0 Å². The van der Waals surface area contributed by atoms with Crippen molar-refractivity contribution in [1.82, 2.24) is 16.2 Å². The summed E-state index contributed by atoms with van der Waals surface area (Å²) in [5, 5.41) is 4.89. The van der Waals surface area contributed by atoms with Gasteiger partial charge in [-0.3, -0.25) is 5.43 Å². The van der Waals surface area contributed by atoms with Crippen LogP contribution in [0.1, 0.15) is 25.8 Å². The minimum Gasteiger partial charge on any atom is -0.321 e. The van der Waals surface area contributed by atoms with Gasteiger partial charge in [0.05, 0.1) is 17.4 Å². The number of nitrogens with one attached hydrogen (secondary N) is 4. The second-order valence-electron chi connectivity index (χ2n) is 5.28. The van der Waals surface area contributed by atoms with Crippen molar-refractivity contribution in [3.63, 3.8) is 0 Å². The van der Waals surface area contributed by atoms with Crippen LogP contribution in [0.5, 0.6) is 0 Å². The lowest BCUT2D eigenvalue weighted by molar-refractivity contribution is -0.136. The molecule has 1 saturated heterocycles. The molecule has 2 rings (SSSR count). The van der Waals surface area contributed by atoms with Crippen molar-refractivity contribution in [2.75, 3.05) is 5.32 Å². The van der Waals surface area contributed by atoms with E-state index in [-0.39, 0.29) is 23.8 Å². The summed E-state index contributed by atoms with van der Waals surface area (Å²) in [6.45, 7) is 3.97. The Bertz CT molecular complexity index is 535. The minimum atomic E-state index is -4.52. The van der Waals surface area contributed by atoms with E-state index in [0.717, 1.165) is 12.5 Å². The summed E-state index contributed by atoms with van der Waals surface area (Å²) < 4.78 is 38.6. The van der Waals surface area contributed by atoms with E-state index >= 15 is 0 Å². The van der Waals surface area contributed by atoms with E-state index in [0.29, 0.717) is 0 Å². The van der Waals surface area contributed by atoms with Crippen molar-refractivity contribution in [1.29, 1.82) is 0 Å². The molecule has 0 spiro atoms. The topological polar surface area (TPSA) is 65.2 Å². The van der Waals surface area contributed by atoms with Gasteiger partial charge < -0.3 is 10.6 Å². The summed E-state index contributed by atoms with van der Waals surface area (Å²) in [5.74, 6) is 0.119. The lowest BCUT2D eigenvalue weighted by atomic mass is 9.99. The fraction of sp³-hybridized carbons (Fsp3) is 0.500. The molecule has 1 heterocycles. The predicted molar refractivity (Wildman–Crippen MR) is 76.9 cm³/mol. The first kappa shape index (κ1) is 16.6. The van der Waals surface area contributed by atoms with Gasteiger partial charge >= 0.3 is 12.2 Å². The molecule has 1 aromatic carbocycles. The molecular weight excluding hydrogens is 297 g/mol. The Kier molecular flexibility index (Phi) is 4.92. The van der Waals surface area contributed by atoms with Crippen molar-refractivity contribution >= 4 is 11.7 Å². The largest absolute Gasteiger partial charge is 0.418 e. The quantitative estimate of drug-likeness (QED) is 0.693. The molecule has 3 atom stereocenters. The van der Waals surface area contributed by atoms with Crippen LogP contribution in [0.25, 0.3) is 0 Å². The summed E-state index contributed by atoms with van der Waals surface area (Å²) >= 11 is 0. The Morgan fingerprint density at radius 1 is 1.27 bits per heavy atom. The lowest BCUT2D eigenvalue weighted by Crippen LogP contribution is -2.48. The number of rotatable bonds is 3. The maximum absolute atomic E-state index is 12.9. The molecule has 1 aliphatic rings. The Morgan fingerprint density at radius 3 is 2.55 bits per heavy atom. The van der Waals surface area contributed by atoms with E-state index in [1.165, 1.54) is 18.2 Å². The number of hydrogen-bond acceptors (Lipinski definition) is 3. The normalized spacial score (nSPS) is 25.0. The van der Waals surface area contributed by atoms with Crippen LogP contribution >= 0.6 is 0 Å². The smallest absolute Gasteiger partial charge is 0.321 e. The van der Waals surface area contributed by atoms with Gasteiger partial charge in [-0.15, -0.1) is 0 Å². The first-order chi connectivity index (χ1) is 10.3. The Balaban J connectivity index is 2.02. The monoisotopic (exact) mass is 316 g/mol. The third-order valence-corrected chi connectivity index (χ3v) is 3.79. The Hall–Kier alpha value is -1.80. The Morgan fingerprint density at radius 2 is 1.95 bits per heavy atom. The molecule has 8 heteroatoms. The van der Waals surface area contributed by atoms with Crippen molar-refractivity contribution in [3.8, 4) is 0 Å². The first-order valence-electron chi connectivity index (χ1n) is 7.07. The van der Waals surface area contributed by atoms with Crippen LogP contribution in [-0.4, -0.2) is 18.2 Å². The van der Waals surface area contributed by atoms with Crippen molar-refractivity contribution in [2.45, 2.75) is 38.7 Å². The number of benzene rings is 1. The highest BCUT2D eigenvalue weighted by Crippen LogP contribution is 2.34. The van der Waals surface area contributed by atoms with E-state index < -0.39 is 17.8 Å². The number of urea groups is 1. The second kappa shape index (κ2) is 6.53. The van der Waals surface area contributed by atoms with Gasteiger partial charge in [0.15, 0.2) is 0 Å². The van der Waals surface area contributed by atoms with E-state index in [1.54, 1.807) is 0 Å². The van der Waals surface area contributed by atoms with Gasteiger partial charge in [0.25, 0.3) is 0 Å². The summed E-state index contributed by atoms with van der Waals surface area (Å²) in [6.07, 6.45) is -3.98. The SMILES string of the molecule is CCC1NNC(NC(=O)Nc2ccccc2C(F)(F)F)C1C. The number of carbonyl (C=O) groups excluding carboxylic acids is 1. The highest BCUT2D eigenvalue weighted by Gasteiger charge is 2.35. The van der Waals surface area contributed by atoms with Gasteiger partial charge in [-0.2, -0.15) is 13.2 Å². The maximum Gasteiger partial charge on any atom is 0.418 e. The number of hydrazine groups is 1. The second-order valence-corrected chi connectivity index (χ2v) is 5.28. The summed E-state index contributed by atoms with van der Waals surface area (Å²) in [6, 6.07) is 4.40. The average molecular weight is 316 g/mol. The third kappa shape index (κ3) is 3.69. The van der Waals surface area contributed by atoms with Crippen LogP contribution in [-0.2, 0) is 6.18 Å². The third-order valence-electron chi connectivity index (χ3n) is 3.79. The number of hydrogen-bond donors (Lipinski definition) is 4. The fourth-order valence-electron chi connectivity index (χ4n) is 2.47. The highest BCUT2D eigenvalue weighted by atomic mass is 19.4. The molecule has 2 amide bonds. The molecular formula is C14H19F3N4O. The number of anilines is 1. The average Bonchev–Trinajstić information content (AvgIpc) is 2.79. The first-order valence-corrected chi connectivity index (χ1v) is 7.07. The molecule has 1 aliphatic heterocycles. The molecule has 0 aliphatic carbocycles. The number of alkyl halides is 3. The lowest BCUT2D eigenvalue weighted by Gasteiger charge is -2.20. The summed E-state index contributed by atoms with van der Waals surface area (Å²) in [7, 11) is 0. The molecule has 1 aromatic rings. The van der Waals surface area contributed by atoms with E-state index in [4.69, 9.17) is 0 Å². The molecule has 5 nitrogen and oxygen atoms in total. The Labute approximate surface area is 126 Å². The highest BCUT2D eigenvalue weighted by molar-refractivity contribution is 5.90. The number of amides is 2. The molecule has 22 heavy (non-hydrogen) atoms. The van der Waals surface area contributed by atoms with Gasteiger partial charge in [-0.1, -0.05) is 26.0 Å². The maximum atomic E-state index is 12.9. The molecule has 122 valence electrons. The van der Waals surface area contributed by atoms with Crippen molar-refractivity contribution in [2.24, 2.45) is 5.92 Å². The number of para-hydroxylation sites is 1. The van der Waals surface area contributed by atoms with Gasteiger partial charge in [-0.25, -0.2) is 10.2 Å². The minimum absolute atomic E-state index is 0.119.